The zero-order valence-corrected chi connectivity index (χ0v) is 15.6. The highest BCUT2D eigenvalue weighted by molar-refractivity contribution is 7.99. The molecule has 0 N–H and O–H groups in total. The smallest absolute Gasteiger partial charge is 0.233 e. The van der Waals surface area contributed by atoms with E-state index in [1.54, 1.807) is 12.1 Å². The number of ether oxygens (including phenoxy) is 1. The highest BCUT2D eigenvalue weighted by atomic mass is 32.2. The van der Waals surface area contributed by atoms with Gasteiger partial charge in [0.05, 0.1) is 36.5 Å². The molecule has 1 amide bonds. The molecule has 5 nitrogen and oxygen atoms in total. The van der Waals surface area contributed by atoms with Gasteiger partial charge in [0.15, 0.2) is 5.16 Å². The van der Waals surface area contributed by atoms with E-state index in [4.69, 9.17) is 9.72 Å². The zero-order chi connectivity index (χ0) is 18.6. The molecular formula is C20H20FN3O2S. The normalized spacial score (nSPS) is 14.6. The van der Waals surface area contributed by atoms with Gasteiger partial charge in [-0.15, -0.1) is 0 Å². The number of aromatic nitrogens is 2. The summed E-state index contributed by atoms with van der Waals surface area (Å²) < 4.78 is 20.6. The van der Waals surface area contributed by atoms with Crippen LogP contribution in [0.15, 0.2) is 53.7 Å². The highest BCUT2D eigenvalue weighted by Crippen LogP contribution is 2.25. The molecule has 4 rings (SSSR count). The minimum atomic E-state index is -0.250. The van der Waals surface area contributed by atoms with Crippen LogP contribution in [0.25, 0.3) is 11.0 Å². The number of imidazole rings is 1. The Hall–Kier alpha value is -2.38. The van der Waals surface area contributed by atoms with Crippen LogP contribution in [0, 0.1) is 5.82 Å². The number of carbonyl (C=O) groups is 1. The third-order valence-corrected chi connectivity index (χ3v) is 5.52. The van der Waals surface area contributed by atoms with Crippen molar-refractivity contribution in [2.24, 2.45) is 0 Å². The summed E-state index contributed by atoms with van der Waals surface area (Å²) in [5.74, 6) is 0.191. The number of hydrogen-bond donors (Lipinski definition) is 0. The number of amides is 1. The maximum Gasteiger partial charge on any atom is 0.233 e. The van der Waals surface area contributed by atoms with Crippen LogP contribution in [-0.4, -0.2) is 52.4 Å². The van der Waals surface area contributed by atoms with E-state index in [2.05, 4.69) is 4.57 Å². The summed E-state index contributed by atoms with van der Waals surface area (Å²) in [5.41, 5.74) is 2.88. The van der Waals surface area contributed by atoms with Gasteiger partial charge in [0.25, 0.3) is 0 Å². The molecule has 0 bridgehead atoms. The van der Waals surface area contributed by atoms with Crippen molar-refractivity contribution in [2.45, 2.75) is 11.7 Å². The molecule has 2 heterocycles. The van der Waals surface area contributed by atoms with Gasteiger partial charge in [-0.25, -0.2) is 9.37 Å². The average molecular weight is 385 g/mol. The fourth-order valence-electron chi connectivity index (χ4n) is 3.12. The molecule has 0 radical (unpaired) electrons. The van der Waals surface area contributed by atoms with Gasteiger partial charge < -0.3 is 14.2 Å². The van der Waals surface area contributed by atoms with Crippen molar-refractivity contribution in [3.8, 4) is 0 Å². The Labute approximate surface area is 161 Å². The molecule has 0 atom stereocenters. The predicted molar refractivity (Wildman–Crippen MR) is 103 cm³/mol. The van der Waals surface area contributed by atoms with Crippen molar-refractivity contribution in [1.82, 2.24) is 14.5 Å². The molecule has 1 saturated heterocycles. The Morgan fingerprint density at radius 3 is 2.63 bits per heavy atom. The number of thioether (sulfide) groups is 1. The van der Waals surface area contributed by atoms with Crippen molar-refractivity contribution < 1.29 is 13.9 Å². The van der Waals surface area contributed by atoms with Crippen LogP contribution >= 0.6 is 11.8 Å². The largest absolute Gasteiger partial charge is 0.378 e. The standard InChI is InChI=1S/C20H20FN3O2S/c21-16-7-5-15(6-8-16)13-24-18-4-2-1-3-17(18)22-20(24)27-14-19(25)23-9-11-26-12-10-23/h1-8H,9-14H2. The number of nitrogens with zero attached hydrogens (tertiary/aromatic N) is 3. The van der Waals surface area contributed by atoms with E-state index >= 15 is 0 Å². The first-order valence-corrected chi connectivity index (χ1v) is 9.87. The molecule has 1 aliphatic heterocycles. The van der Waals surface area contributed by atoms with Crippen molar-refractivity contribution in [1.29, 1.82) is 0 Å². The lowest BCUT2D eigenvalue weighted by Crippen LogP contribution is -2.41. The molecule has 1 fully saturated rings. The first-order valence-electron chi connectivity index (χ1n) is 8.89. The number of rotatable bonds is 5. The number of para-hydroxylation sites is 2. The third-order valence-electron chi connectivity index (χ3n) is 4.56. The Balaban J connectivity index is 1.56. The SMILES string of the molecule is O=C(CSc1nc2ccccc2n1Cc1ccc(F)cc1)N1CCOCC1. The summed E-state index contributed by atoms with van der Waals surface area (Å²) in [7, 11) is 0. The zero-order valence-electron chi connectivity index (χ0n) is 14.8. The fraction of sp³-hybridized carbons (Fsp3) is 0.300. The van der Waals surface area contributed by atoms with Crippen LogP contribution in [0.5, 0.6) is 0 Å². The van der Waals surface area contributed by atoms with Gasteiger partial charge in [0, 0.05) is 13.1 Å². The van der Waals surface area contributed by atoms with E-state index in [1.165, 1.54) is 23.9 Å². The lowest BCUT2D eigenvalue weighted by atomic mass is 10.2. The second kappa shape index (κ2) is 8.10. The minimum Gasteiger partial charge on any atom is -0.378 e. The lowest BCUT2D eigenvalue weighted by Gasteiger charge is -2.26. The maximum absolute atomic E-state index is 13.2. The van der Waals surface area contributed by atoms with Crippen LogP contribution in [0.4, 0.5) is 4.39 Å². The van der Waals surface area contributed by atoms with Crippen molar-refractivity contribution in [3.05, 3.63) is 59.9 Å². The second-order valence-corrected chi connectivity index (χ2v) is 7.32. The molecule has 1 aliphatic rings. The van der Waals surface area contributed by atoms with E-state index < -0.39 is 0 Å². The van der Waals surface area contributed by atoms with Crippen LogP contribution in [0.1, 0.15) is 5.56 Å². The fourth-order valence-corrected chi connectivity index (χ4v) is 4.04. The van der Waals surface area contributed by atoms with Crippen LogP contribution < -0.4 is 0 Å². The number of halogens is 1. The van der Waals surface area contributed by atoms with Crippen LogP contribution in [0.3, 0.4) is 0 Å². The number of fused-ring (bicyclic) bond motifs is 1. The van der Waals surface area contributed by atoms with Gasteiger partial charge in [0.1, 0.15) is 5.82 Å². The molecule has 1 aromatic heterocycles. The van der Waals surface area contributed by atoms with Gasteiger partial charge in [0.2, 0.25) is 5.91 Å². The van der Waals surface area contributed by atoms with E-state index in [0.29, 0.717) is 38.6 Å². The van der Waals surface area contributed by atoms with E-state index in [-0.39, 0.29) is 11.7 Å². The molecule has 7 heteroatoms. The second-order valence-electron chi connectivity index (χ2n) is 6.38. The predicted octanol–water partition coefficient (Wildman–Crippen LogP) is 3.17. The molecule has 0 spiro atoms. The van der Waals surface area contributed by atoms with Crippen LogP contribution in [-0.2, 0) is 16.1 Å². The first kappa shape index (κ1) is 18.0. The third kappa shape index (κ3) is 4.14. The molecular weight excluding hydrogens is 365 g/mol. The topological polar surface area (TPSA) is 47.4 Å². The van der Waals surface area contributed by atoms with Gasteiger partial charge in [-0.1, -0.05) is 36.0 Å². The summed E-state index contributed by atoms with van der Waals surface area (Å²) in [4.78, 5) is 19.0. The summed E-state index contributed by atoms with van der Waals surface area (Å²) >= 11 is 1.44. The van der Waals surface area contributed by atoms with Crippen molar-refractivity contribution in [2.75, 3.05) is 32.1 Å². The Morgan fingerprint density at radius 2 is 1.85 bits per heavy atom. The minimum absolute atomic E-state index is 0.101. The quantitative estimate of drug-likeness (QED) is 0.633. The lowest BCUT2D eigenvalue weighted by molar-refractivity contribution is -0.132. The molecule has 3 aromatic rings. The molecule has 0 saturated carbocycles. The molecule has 0 aliphatic carbocycles. The highest BCUT2D eigenvalue weighted by Gasteiger charge is 2.19. The Kier molecular flexibility index (Phi) is 5.40. The van der Waals surface area contributed by atoms with Gasteiger partial charge in [-0.05, 0) is 29.8 Å². The monoisotopic (exact) mass is 385 g/mol. The van der Waals surface area contributed by atoms with E-state index in [9.17, 15) is 9.18 Å². The van der Waals surface area contributed by atoms with Crippen molar-refractivity contribution in [3.63, 3.8) is 0 Å². The number of benzene rings is 2. The van der Waals surface area contributed by atoms with E-state index in [0.717, 1.165) is 21.8 Å². The Morgan fingerprint density at radius 1 is 1.11 bits per heavy atom. The van der Waals surface area contributed by atoms with Gasteiger partial charge >= 0.3 is 0 Å². The summed E-state index contributed by atoms with van der Waals surface area (Å²) in [5, 5.41) is 0.794. The average Bonchev–Trinajstić information content (AvgIpc) is 3.06. The van der Waals surface area contributed by atoms with Crippen molar-refractivity contribution >= 4 is 28.7 Å². The summed E-state index contributed by atoms with van der Waals surface area (Å²) in [6.07, 6.45) is 0. The van der Waals surface area contributed by atoms with Gasteiger partial charge in [-0.3, -0.25) is 4.79 Å². The maximum atomic E-state index is 13.2. The number of morpholine rings is 1. The summed E-state index contributed by atoms with van der Waals surface area (Å²) in [6, 6.07) is 14.4. The Bertz CT molecular complexity index is 936. The molecule has 140 valence electrons. The molecule has 0 unspecified atom stereocenters. The molecule has 27 heavy (non-hydrogen) atoms. The first-order chi connectivity index (χ1) is 13.2. The van der Waals surface area contributed by atoms with E-state index in [1.807, 2.05) is 29.2 Å². The van der Waals surface area contributed by atoms with Crippen LogP contribution in [0.2, 0.25) is 0 Å². The molecule has 2 aromatic carbocycles. The van der Waals surface area contributed by atoms with Gasteiger partial charge in [-0.2, -0.15) is 0 Å². The summed E-state index contributed by atoms with van der Waals surface area (Å²) in [6.45, 7) is 3.06. The number of carbonyl (C=O) groups excluding carboxylic acids is 1. The number of hydrogen-bond acceptors (Lipinski definition) is 4.